The molecule has 0 saturated carbocycles. The van der Waals surface area contributed by atoms with Gasteiger partial charge < -0.3 is 14.9 Å². The zero-order valence-corrected chi connectivity index (χ0v) is 22.6. The van der Waals surface area contributed by atoms with Crippen molar-refractivity contribution >= 4 is 16.0 Å². The number of fused-ring (bicyclic) bond motifs is 1. The van der Waals surface area contributed by atoms with E-state index in [0.717, 1.165) is 11.1 Å². The van der Waals surface area contributed by atoms with Gasteiger partial charge >= 0.3 is 5.97 Å². The lowest BCUT2D eigenvalue weighted by atomic mass is 10.0. The van der Waals surface area contributed by atoms with Gasteiger partial charge in [0, 0.05) is 31.6 Å². The Morgan fingerprint density at radius 1 is 1.08 bits per heavy atom. The molecule has 3 atom stereocenters. The van der Waals surface area contributed by atoms with Crippen LogP contribution in [0.1, 0.15) is 29.8 Å². The summed E-state index contributed by atoms with van der Waals surface area (Å²) in [4.78, 5) is 13.7. The van der Waals surface area contributed by atoms with E-state index in [9.17, 15) is 23.4 Å². The van der Waals surface area contributed by atoms with Crippen LogP contribution in [0.5, 0.6) is 5.75 Å². The molecule has 1 aliphatic heterocycles. The van der Waals surface area contributed by atoms with Crippen LogP contribution in [0.3, 0.4) is 0 Å². The second-order valence-electron chi connectivity index (χ2n) is 9.93. The largest absolute Gasteiger partial charge is 0.487 e. The van der Waals surface area contributed by atoms with E-state index in [2.05, 4.69) is 0 Å². The number of aromatic carboxylic acids is 1. The third kappa shape index (κ3) is 5.91. The van der Waals surface area contributed by atoms with Gasteiger partial charge in [-0.25, -0.2) is 13.2 Å². The molecule has 0 fully saturated rings. The highest BCUT2D eigenvalue weighted by Gasteiger charge is 2.38. The van der Waals surface area contributed by atoms with E-state index >= 15 is 0 Å². The van der Waals surface area contributed by atoms with Gasteiger partial charge in [0.1, 0.15) is 16.7 Å². The molecule has 38 heavy (non-hydrogen) atoms. The molecule has 0 aliphatic carbocycles. The number of sulfonamides is 1. The number of aliphatic hydroxyl groups is 1. The maximum absolute atomic E-state index is 13.7. The maximum Gasteiger partial charge on any atom is 0.336 e. The van der Waals surface area contributed by atoms with Crippen LogP contribution in [-0.4, -0.2) is 72.7 Å². The van der Waals surface area contributed by atoms with E-state index in [0.29, 0.717) is 18.7 Å². The number of carboxylic acids is 1. The van der Waals surface area contributed by atoms with E-state index in [-0.39, 0.29) is 35.3 Å². The van der Waals surface area contributed by atoms with Gasteiger partial charge in [0.15, 0.2) is 0 Å². The van der Waals surface area contributed by atoms with Crippen molar-refractivity contribution in [2.75, 3.05) is 26.7 Å². The molecule has 0 saturated heterocycles. The minimum Gasteiger partial charge on any atom is -0.487 e. The monoisotopic (exact) mass is 538 g/mol. The van der Waals surface area contributed by atoms with Gasteiger partial charge in [-0.15, -0.1) is 0 Å². The van der Waals surface area contributed by atoms with Crippen LogP contribution in [0.2, 0.25) is 0 Å². The van der Waals surface area contributed by atoms with Crippen molar-refractivity contribution in [3.05, 3.63) is 83.9 Å². The molecule has 0 bridgehead atoms. The number of hydrogen-bond acceptors (Lipinski definition) is 6. The fourth-order valence-corrected chi connectivity index (χ4v) is 6.61. The second kappa shape index (κ2) is 11.7. The molecule has 9 heteroatoms. The summed E-state index contributed by atoms with van der Waals surface area (Å²) < 4.78 is 35.2. The molecule has 0 amide bonds. The third-order valence-corrected chi connectivity index (χ3v) is 8.97. The highest BCUT2D eigenvalue weighted by molar-refractivity contribution is 7.89. The Morgan fingerprint density at radius 3 is 2.45 bits per heavy atom. The van der Waals surface area contributed by atoms with E-state index in [1.54, 1.807) is 43.3 Å². The topological polar surface area (TPSA) is 107 Å². The molecule has 1 heterocycles. The molecule has 202 valence electrons. The number of rotatable bonds is 8. The van der Waals surface area contributed by atoms with Gasteiger partial charge in [-0.1, -0.05) is 61.5 Å². The summed E-state index contributed by atoms with van der Waals surface area (Å²) in [6.45, 7) is 4.32. The van der Waals surface area contributed by atoms with Crippen molar-refractivity contribution in [3.8, 4) is 16.9 Å². The average molecular weight is 539 g/mol. The van der Waals surface area contributed by atoms with E-state index in [1.807, 2.05) is 55.3 Å². The molecule has 0 spiro atoms. The predicted octanol–water partition coefficient (Wildman–Crippen LogP) is 3.95. The first-order valence-electron chi connectivity index (χ1n) is 12.6. The average Bonchev–Trinajstić information content (AvgIpc) is 2.90. The molecule has 0 radical (unpaired) electrons. The predicted molar refractivity (Wildman–Crippen MR) is 146 cm³/mol. The zero-order valence-electron chi connectivity index (χ0n) is 21.8. The highest BCUT2D eigenvalue weighted by Crippen LogP contribution is 2.36. The van der Waals surface area contributed by atoms with Crippen LogP contribution in [-0.2, 0) is 16.6 Å². The van der Waals surface area contributed by atoms with Crippen LogP contribution in [0.4, 0.5) is 0 Å². The third-order valence-electron chi connectivity index (χ3n) is 6.95. The van der Waals surface area contributed by atoms with Crippen LogP contribution in [0.15, 0.2) is 77.7 Å². The van der Waals surface area contributed by atoms with Crippen LogP contribution >= 0.6 is 0 Å². The molecule has 1 aliphatic rings. The Kier molecular flexibility index (Phi) is 8.52. The number of nitrogens with zero attached hydrogens (tertiary/aromatic N) is 2. The number of aliphatic hydroxyl groups excluding tert-OH is 1. The molecule has 0 unspecified atom stereocenters. The van der Waals surface area contributed by atoms with Gasteiger partial charge in [-0.05, 0) is 48.9 Å². The van der Waals surface area contributed by atoms with Gasteiger partial charge in [-0.3, -0.25) is 4.90 Å². The minimum atomic E-state index is -3.93. The van der Waals surface area contributed by atoms with E-state index in [4.69, 9.17) is 4.74 Å². The number of carboxylic acid groups (broad SMARTS) is 1. The van der Waals surface area contributed by atoms with Crippen molar-refractivity contribution in [1.82, 2.24) is 9.21 Å². The van der Waals surface area contributed by atoms with E-state index < -0.39 is 28.1 Å². The summed E-state index contributed by atoms with van der Waals surface area (Å²) in [5, 5.41) is 19.4. The molecule has 3 aromatic rings. The SMILES string of the molecule is C[C@H]1CN([C@@H](C)CO)S(=O)(=O)c2ccc(-c3ccccc3)cc2O[C@@H]1CN(C)Cc1ccccc1C(=O)O. The normalized spacial score (nSPS) is 20.1. The molecular weight excluding hydrogens is 504 g/mol. The quantitative estimate of drug-likeness (QED) is 0.447. The number of carbonyl (C=O) groups is 1. The Bertz CT molecular complexity index is 1380. The number of likely N-dealkylation sites (N-methyl/N-ethyl adjacent to an activating group) is 1. The second-order valence-corrected chi connectivity index (χ2v) is 11.8. The first-order valence-corrected chi connectivity index (χ1v) is 14.0. The summed E-state index contributed by atoms with van der Waals surface area (Å²) in [6.07, 6.45) is -0.398. The molecular formula is C29H34N2O6S. The Morgan fingerprint density at radius 2 is 1.76 bits per heavy atom. The molecule has 8 nitrogen and oxygen atoms in total. The molecule has 4 rings (SSSR count). The minimum absolute atomic E-state index is 0.0632. The zero-order chi connectivity index (χ0) is 27.4. The first kappa shape index (κ1) is 27.8. The first-order chi connectivity index (χ1) is 18.1. The summed E-state index contributed by atoms with van der Waals surface area (Å²) in [7, 11) is -2.04. The van der Waals surface area contributed by atoms with Gasteiger partial charge in [0.05, 0.1) is 12.2 Å². The summed E-state index contributed by atoms with van der Waals surface area (Å²) >= 11 is 0. The Labute approximate surface area is 224 Å². The number of benzene rings is 3. The maximum atomic E-state index is 13.7. The lowest BCUT2D eigenvalue weighted by Crippen LogP contribution is -2.49. The summed E-state index contributed by atoms with van der Waals surface area (Å²) in [5.74, 6) is -0.937. The molecule has 2 N–H and O–H groups in total. The Balaban J connectivity index is 1.71. The van der Waals surface area contributed by atoms with Crippen molar-refractivity contribution in [2.45, 2.75) is 37.4 Å². The lowest BCUT2D eigenvalue weighted by Gasteiger charge is -2.37. The standard InChI is InChI=1S/C29H34N2O6S/c1-20-16-31(21(2)19-32)38(35,36)28-14-13-23(22-9-5-4-6-10-22)15-26(28)37-27(20)18-30(3)17-24-11-7-8-12-25(24)29(33)34/h4-15,20-21,27,32H,16-19H2,1-3H3,(H,33,34)/t20-,21-,27+/m0/s1. The fraction of sp³-hybridized carbons (Fsp3) is 0.345. The van der Waals surface area contributed by atoms with Crippen molar-refractivity contribution in [1.29, 1.82) is 0 Å². The van der Waals surface area contributed by atoms with E-state index in [1.165, 1.54) is 4.31 Å². The summed E-state index contributed by atoms with van der Waals surface area (Å²) in [5.41, 5.74) is 2.70. The Hall–Kier alpha value is -3.24. The van der Waals surface area contributed by atoms with Crippen LogP contribution < -0.4 is 4.74 Å². The fourth-order valence-electron chi connectivity index (χ4n) is 4.78. The van der Waals surface area contributed by atoms with Crippen molar-refractivity contribution in [3.63, 3.8) is 0 Å². The molecule has 0 aromatic heterocycles. The van der Waals surface area contributed by atoms with Crippen LogP contribution in [0, 0.1) is 5.92 Å². The highest BCUT2D eigenvalue weighted by atomic mass is 32.2. The van der Waals surface area contributed by atoms with Gasteiger partial charge in [-0.2, -0.15) is 4.31 Å². The smallest absolute Gasteiger partial charge is 0.336 e. The van der Waals surface area contributed by atoms with Gasteiger partial charge in [0.2, 0.25) is 10.0 Å². The van der Waals surface area contributed by atoms with Crippen molar-refractivity contribution < 1.29 is 28.2 Å². The van der Waals surface area contributed by atoms with Crippen molar-refractivity contribution in [2.24, 2.45) is 5.92 Å². The van der Waals surface area contributed by atoms with Gasteiger partial charge in [0.25, 0.3) is 0 Å². The molecule has 3 aromatic carbocycles. The summed E-state index contributed by atoms with van der Waals surface area (Å²) in [6, 6.07) is 21.0. The number of hydrogen-bond donors (Lipinski definition) is 2. The lowest BCUT2D eigenvalue weighted by molar-refractivity contribution is 0.0686. The van der Waals surface area contributed by atoms with Crippen LogP contribution in [0.25, 0.3) is 11.1 Å². The number of ether oxygens (including phenoxy) is 1.